The summed E-state index contributed by atoms with van der Waals surface area (Å²) in [4.78, 5) is -0.579. The zero-order chi connectivity index (χ0) is 13.9. The van der Waals surface area contributed by atoms with Gasteiger partial charge in [0.15, 0.2) is 5.82 Å². The Morgan fingerprint density at radius 3 is 2.44 bits per heavy atom. The lowest BCUT2D eigenvalue weighted by atomic mass is 10.2. The number of halogens is 2. The molecule has 0 saturated heterocycles. The van der Waals surface area contributed by atoms with Crippen LogP contribution in [0.2, 0.25) is 0 Å². The van der Waals surface area contributed by atoms with E-state index in [1.165, 1.54) is 0 Å². The van der Waals surface area contributed by atoms with Crippen LogP contribution in [-0.2, 0) is 16.6 Å². The van der Waals surface area contributed by atoms with Crippen LogP contribution in [0.25, 0.3) is 0 Å². The molecule has 0 radical (unpaired) electrons. The molecular weight excluding hydrogens is 262 g/mol. The maximum atomic E-state index is 13.8. The molecule has 0 spiro atoms. The lowest BCUT2D eigenvalue weighted by Crippen LogP contribution is -2.28. The van der Waals surface area contributed by atoms with Gasteiger partial charge in [0.25, 0.3) is 0 Å². The standard InChI is InChI=1S/C11H16F2N2O2S/c1-7(2)6-15-18(16,17)10-4-3-9(12)8(5-14)11(10)13/h3-4,7,15H,5-6,14H2,1-2H3. The summed E-state index contributed by atoms with van der Waals surface area (Å²) in [5, 5.41) is 0. The maximum absolute atomic E-state index is 13.8. The van der Waals surface area contributed by atoms with Gasteiger partial charge in [0.05, 0.1) is 0 Å². The normalized spacial score (nSPS) is 12.1. The Hall–Kier alpha value is -1.05. The van der Waals surface area contributed by atoms with Crippen LogP contribution in [0.4, 0.5) is 8.78 Å². The van der Waals surface area contributed by atoms with Crippen molar-refractivity contribution in [1.82, 2.24) is 4.72 Å². The van der Waals surface area contributed by atoms with E-state index in [9.17, 15) is 17.2 Å². The minimum Gasteiger partial charge on any atom is -0.326 e. The Morgan fingerprint density at radius 1 is 1.33 bits per heavy atom. The van der Waals surface area contributed by atoms with Crippen molar-refractivity contribution in [2.45, 2.75) is 25.3 Å². The predicted octanol–water partition coefficient (Wildman–Crippen LogP) is 1.36. The van der Waals surface area contributed by atoms with Gasteiger partial charge in [-0.2, -0.15) is 0 Å². The Morgan fingerprint density at radius 2 is 1.94 bits per heavy atom. The Kier molecular flexibility index (Phi) is 4.78. The first-order chi connectivity index (χ1) is 8.29. The van der Waals surface area contributed by atoms with Crippen molar-refractivity contribution in [1.29, 1.82) is 0 Å². The molecular formula is C11H16F2N2O2S. The second-order valence-corrected chi connectivity index (χ2v) is 6.02. The minimum absolute atomic E-state index is 0.0808. The Balaban J connectivity index is 3.17. The number of benzene rings is 1. The highest BCUT2D eigenvalue weighted by molar-refractivity contribution is 7.89. The van der Waals surface area contributed by atoms with Gasteiger partial charge in [-0.15, -0.1) is 0 Å². The molecule has 18 heavy (non-hydrogen) atoms. The largest absolute Gasteiger partial charge is 0.326 e. The first-order valence-electron chi connectivity index (χ1n) is 5.46. The van der Waals surface area contributed by atoms with E-state index in [4.69, 9.17) is 5.73 Å². The van der Waals surface area contributed by atoms with Gasteiger partial charge in [-0.25, -0.2) is 21.9 Å². The summed E-state index contributed by atoms with van der Waals surface area (Å²) in [6, 6.07) is 1.79. The Labute approximate surface area is 105 Å². The van der Waals surface area contributed by atoms with E-state index in [-0.39, 0.29) is 12.5 Å². The SMILES string of the molecule is CC(C)CNS(=O)(=O)c1ccc(F)c(CN)c1F. The molecule has 0 aromatic heterocycles. The topological polar surface area (TPSA) is 72.2 Å². The van der Waals surface area contributed by atoms with Gasteiger partial charge >= 0.3 is 0 Å². The quantitative estimate of drug-likeness (QED) is 0.854. The number of sulfonamides is 1. The molecule has 102 valence electrons. The molecule has 0 aliphatic heterocycles. The summed E-state index contributed by atoms with van der Waals surface area (Å²) in [6.07, 6.45) is 0. The third-order valence-corrected chi connectivity index (χ3v) is 3.77. The van der Waals surface area contributed by atoms with Crippen molar-refractivity contribution < 1.29 is 17.2 Å². The first-order valence-corrected chi connectivity index (χ1v) is 6.94. The van der Waals surface area contributed by atoms with Crippen molar-refractivity contribution in [3.63, 3.8) is 0 Å². The predicted molar refractivity (Wildman–Crippen MR) is 64.3 cm³/mol. The summed E-state index contributed by atoms with van der Waals surface area (Å²) in [7, 11) is -3.98. The number of hydrogen-bond donors (Lipinski definition) is 2. The molecule has 4 nitrogen and oxygen atoms in total. The van der Waals surface area contributed by atoms with E-state index in [2.05, 4.69) is 4.72 Å². The van der Waals surface area contributed by atoms with Gasteiger partial charge in [-0.3, -0.25) is 0 Å². The second-order valence-electron chi connectivity index (χ2n) is 4.29. The molecule has 0 heterocycles. The number of rotatable bonds is 5. The average molecular weight is 278 g/mol. The lowest BCUT2D eigenvalue weighted by Gasteiger charge is -2.11. The number of nitrogens with one attached hydrogen (secondary N) is 1. The van der Waals surface area contributed by atoms with Crippen molar-refractivity contribution in [3.05, 3.63) is 29.3 Å². The highest BCUT2D eigenvalue weighted by Crippen LogP contribution is 2.20. The van der Waals surface area contributed by atoms with Crippen molar-refractivity contribution in [2.24, 2.45) is 11.7 Å². The van der Waals surface area contributed by atoms with E-state index >= 15 is 0 Å². The van der Waals surface area contributed by atoms with Gasteiger partial charge in [-0.05, 0) is 18.1 Å². The first kappa shape index (κ1) is 15.0. The molecule has 0 fully saturated rings. The fraction of sp³-hybridized carbons (Fsp3) is 0.455. The van der Waals surface area contributed by atoms with E-state index < -0.39 is 38.7 Å². The fourth-order valence-electron chi connectivity index (χ4n) is 1.32. The van der Waals surface area contributed by atoms with Crippen LogP contribution in [0.15, 0.2) is 17.0 Å². The van der Waals surface area contributed by atoms with E-state index in [1.807, 2.05) is 13.8 Å². The smallest absolute Gasteiger partial charge is 0.243 e. The zero-order valence-electron chi connectivity index (χ0n) is 10.2. The van der Waals surface area contributed by atoms with Gasteiger partial charge in [0, 0.05) is 18.7 Å². The maximum Gasteiger partial charge on any atom is 0.243 e. The molecule has 0 aliphatic carbocycles. The molecule has 0 aliphatic rings. The number of hydrogen-bond acceptors (Lipinski definition) is 3. The van der Waals surface area contributed by atoms with Crippen LogP contribution < -0.4 is 10.5 Å². The van der Waals surface area contributed by atoms with Crippen LogP contribution in [0.3, 0.4) is 0 Å². The average Bonchev–Trinajstić information content (AvgIpc) is 2.27. The monoisotopic (exact) mass is 278 g/mol. The van der Waals surface area contributed by atoms with Crippen LogP contribution in [0.1, 0.15) is 19.4 Å². The van der Waals surface area contributed by atoms with Crippen molar-refractivity contribution in [3.8, 4) is 0 Å². The molecule has 0 bridgehead atoms. The summed E-state index contributed by atoms with van der Waals surface area (Å²) >= 11 is 0. The molecule has 7 heteroatoms. The molecule has 0 saturated carbocycles. The third kappa shape index (κ3) is 3.24. The van der Waals surface area contributed by atoms with Gasteiger partial charge in [0.1, 0.15) is 10.7 Å². The van der Waals surface area contributed by atoms with E-state index in [1.54, 1.807) is 0 Å². The lowest BCUT2D eigenvalue weighted by molar-refractivity contribution is 0.521. The molecule has 3 N–H and O–H groups in total. The van der Waals surface area contributed by atoms with Crippen LogP contribution in [0, 0.1) is 17.6 Å². The summed E-state index contributed by atoms with van der Waals surface area (Å²) in [5.41, 5.74) is 4.76. The van der Waals surface area contributed by atoms with Crippen molar-refractivity contribution >= 4 is 10.0 Å². The molecule has 1 aromatic carbocycles. The highest BCUT2D eigenvalue weighted by Gasteiger charge is 2.22. The summed E-state index contributed by atoms with van der Waals surface area (Å²) < 4.78 is 52.9. The minimum atomic E-state index is -3.98. The highest BCUT2D eigenvalue weighted by atomic mass is 32.2. The van der Waals surface area contributed by atoms with Gasteiger partial charge < -0.3 is 5.73 Å². The third-order valence-electron chi connectivity index (χ3n) is 2.33. The van der Waals surface area contributed by atoms with E-state index in [0.717, 1.165) is 12.1 Å². The zero-order valence-corrected chi connectivity index (χ0v) is 11.0. The molecule has 0 unspecified atom stereocenters. The van der Waals surface area contributed by atoms with E-state index in [0.29, 0.717) is 0 Å². The molecule has 1 aromatic rings. The van der Waals surface area contributed by atoms with Crippen molar-refractivity contribution in [2.75, 3.05) is 6.54 Å². The molecule has 1 rings (SSSR count). The number of nitrogens with two attached hydrogens (primary N) is 1. The summed E-state index contributed by atoms with van der Waals surface area (Å²) in [5.74, 6) is -1.90. The van der Waals surface area contributed by atoms with Crippen LogP contribution in [-0.4, -0.2) is 15.0 Å². The van der Waals surface area contributed by atoms with Gasteiger partial charge in [0.2, 0.25) is 10.0 Å². The molecule has 0 amide bonds. The summed E-state index contributed by atoms with van der Waals surface area (Å²) in [6.45, 7) is 3.41. The van der Waals surface area contributed by atoms with Gasteiger partial charge in [-0.1, -0.05) is 13.8 Å². The van der Waals surface area contributed by atoms with Crippen LogP contribution >= 0.6 is 0 Å². The van der Waals surface area contributed by atoms with Crippen LogP contribution in [0.5, 0.6) is 0 Å². The fourth-order valence-corrected chi connectivity index (χ4v) is 2.64. The Bertz CT molecular complexity index is 530. The second kappa shape index (κ2) is 5.73. The molecule has 0 atom stereocenters.